The molecule has 4 aromatic rings. The van der Waals surface area contributed by atoms with Crippen molar-refractivity contribution in [3.05, 3.63) is 89.1 Å². The molecule has 0 atom stereocenters. The van der Waals surface area contributed by atoms with E-state index in [0.29, 0.717) is 6.54 Å². The maximum Gasteiger partial charge on any atom is 0.0726 e. The summed E-state index contributed by atoms with van der Waals surface area (Å²) in [4.78, 5) is 21.3. The van der Waals surface area contributed by atoms with Crippen LogP contribution in [0.2, 0.25) is 0 Å². The van der Waals surface area contributed by atoms with Crippen molar-refractivity contribution in [3.63, 3.8) is 0 Å². The molecule has 6 heterocycles. The van der Waals surface area contributed by atoms with Gasteiger partial charge in [-0.1, -0.05) is 6.07 Å². The highest BCUT2D eigenvalue weighted by Crippen LogP contribution is 2.32. The number of nitrogens with zero attached hydrogens (tertiary/aromatic N) is 3. The number of nitrogens with one attached hydrogen (secondary N) is 2. The fourth-order valence-electron chi connectivity index (χ4n) is 4.48. The van der Waals surface area contributed by atoms with Crippen LogP contribution in [0.4, 0.5) is 0 Å². The molecule has 0 aliphatic carbocycles. The molecule has 4 aromatic heterocycles. The average Bonchev–Trinajstić information content (AvgIpc) is 3.63. The van der Waals surface area contributed by atoms with Crippen LogP contribution in [0.3, 0.4) is 0 Å². The normalized spacial score (nSPS) is 12.4. The Hall–Kier alpha value is -4.29. The van der Waals surface area contributed by atoms with Gasteiger partial charge in [0.15, 0.2) is 0 Å². The maximum atomic E-state index is 5.90. The number of H-pyrrole nitrogens is 2. The Morgan fingerprint density at radius 3 is 2.12 bits per heavy atom. The molecule has 0 fully saturated rings. The van der Waals surface area contributed by atoms with E-state index in [4.69, 9.17) is 15.7 Å². The molecule has 0 aromatic carbocycles. The van der Waals surface area contributed by atoms with Crippen LogP contribution in [0.1, 0.15) is 34.8 Å². The summed E-state index contributed by atoms with van der Waals surface area (Å²) in [5.41, 5.74) is 16.8. The predicted molar refractivity (Wildman–Crippen MR) is 139 cm³/mol. The van der Waals surface area contributed by atoms with E-state index in [-0.39, 0.29) is 0 Å². The van der Waals surface area contributed by atoms with Gasteiger partial charge < -0.3 is 15.7 Å². The lowest BCUT2D eigenvalue weighted by molar-refractivity contribution is 0.838. The van der Waals surface area contributed by atoms with Gasteiger partial charge in [-0.3, -0.25) is 4.98 Å². The quantitative estimate of drug-likeness (QED) is 0.329. The average molecular weight is 445 g/mol. The summed E-state index contributed by atoms with van der Waals surface area (Å²) in [7, 11) is 0. The van der Waals surface area contributed by atoms with Crippen LogP contribution in [0.15, 0.2) is 60.8 Å². The SMILES string of the molecule is NCCCc1c(-c2ccccn2)c2cc3nc(cc4nc(cc5ccc(cc1[nH]2)[nH]5)C=C4)C=C3. The molecular formula is C28H24N6. The van der Waals surface area contributed by atoms with Crippen molar-refractivity contribution in [2.75, 3.05) is 6.54 Å². The van der Waals surface area contributed by atoms with Crippen LogP contribution in [-0.4, -0.2) is 31.5 Å². The third kappa shape index (κ3) is 3.95. The first-order valence-electron chi connectivity index (χ1n) is 11.5. The zero-order valence-electron chi connectivity index (χ0n) is 18.6. The highest BCUT2D eigenvalue weighted by Gasteiger charge is 2.15. The number of hydrogen-bond donors (Lipinski definition) is 3. The number of nitrogens with two attached hydrogens (primary N) is 1. The van der Waals surface area contributed by atoms with Crippen molar-refractivity contribution in [2.45, 2.75) is 12.8 Å². The van der Waals surface area contributed by atoms with Crippen LogP contribution in [0.25, 0.3) is 57.6 Å². The summed E-state index contributed by atoms with van der Waals surface area (Å²) in [6, 6.07) is 18.5. The topological polar surface area (TPSA) is 96.3 Å². The largest absolute Gasteiger partial charge is 0.355 e. The van der Waals surface area contributed by atoms with Crippen LogP contribution in [-0.2, 0) is 6.42 Å². The Bertz CT molecular complexity index is 1590. The first-order valence-corrected chi connectivity index (χ1v) is 11.5. The van der Waals surface area contributed by atoms with Crippen molar-refractivity contribution >= 4 is 46.4 Å². The summed E-state index contributed by atoms with van der Waals surface area (Å²) < 4.78 is 0. The van der Waals surface area contributed by atoms with Gasteiger partial charge in [0.05, 0.1) is 34.0 Å². The minimum absolute atomic E-state index is 0.630. The Morgan fingerprint density at radius 1 is 0.706 bits per heavy atom. The number of hydrogen-bond acceptors (Lipinski definition) is 4. The number of aryl methyl sites for hydroxylation is 1. The minimum atomic E-state index is 0.630. The molecular weight excluding hydrogens is 420 g/mol. The maximum absolute atomic E-state index is 5.90. The fourth-order valence-corrected chi connectivity index (χ4v) is 4.48. The van der Waals surface area contributed by atoms with Crippen molar-refractivity contribution in [1.29, 1.82) is 0 Å². The molecule has 2 aliphatic heterocycles. The number of fused-ring (bicyclic) bond motifs is 8. The summed E-state index contributed by atoms with van der Waals surface area (Å²) in [6.07, 6.45) is 11.7. The first-order chi connectivity index (χ1) is 16.7. The Balaban J connectivity index is 1.71. The second-order valence-electron chi connectivity index (χ2n) is 8.45. The van der Waals surface area contributed by atoms with Gasteiger partial charge in [-0.15, -0.1) is 0 Å². The van der Waals surface area contributed by atoms with Gasteiger partial charge in [0, 0.05) is 28.3 Å². The van der Waals surface area contributed by atoms with Crippen LogP contribution in [0, 0.1) is 0 Å². The summed E-state index contributed by atoms with van der Waals surface area (Å²) in [5.74, 6) is 0. The molecule has 34 heavy (non-hydrogen) atoms. The Kier molecular flexibility index (Phi) is 5.13. The van der Waals surface area contributed by atoms with Gasteiger partial charge in [0.2, 0.25) is 0 Å². The van der Waals surface area contributed by atoms with Crippen LogP contribution in [0.5, 0.6) is 0 Å². The van der Waals surface area contributed by atoms with Gasteiger partial charge in [-0.05, 0) is 97.8 Å². The van der Waals surface area contributed by atoms with E-state index in [9.17, 15) is 0 Å². The molecule has 2 aliphatic rings. The highest BCUT2D eigenvalue weighted by atomic mass is 14.8. The highest BCUT2D eigenvalue weighted by molar-refractivity contribution is 5.90. The Labute approximate surface area is 197 Å². The number of pyridine rings is 1. The lowest BCUT2D eigenvalue weighted by atomic mass is 10.0. The van der Waals surface area contributed by atoms with Gasteiger partial charge >= 0.3 is 0 Å². The zero-order chi connectivity index (χ0) is 22.9. The minimum Gasteiger partial charge on any atom is -0.355 e. The summed E-state index contributed by atoms with van der Waals surface area (Å²) >= 11 is 0. The standard InChI is InChI=1S/C28H24N6/c29-12-3-4-24-26-16-22-10-8-20(32-22)14-18-6-7-19(31-18)15-21-9-11-23(33-21)17-27(34-26)28(24)25-5-1-2-13-30-25/h1-2,5-11,13-17,32,34H,3-4,12,29H2. The van der Waals surface area contributed by atoms with Gasteiger partial charge in [-0.2, -0.15) is 0 Å². The molecule has 0 saturated carbocycles. The van der Waals surface area contributed by atoms with Gasteiger partial charge in [-0.25, -0.2) is 9.97 Å². The van der Waals surface area contributed by atoms with Crippen molar-refractivity contribution in [1.82, 2.24) is 24.9 Å². The lowest BCUT2D eigenvalue weighted by Crippen LogP contribution is -2.00. The molecule has 166 valence electrons. The summed E-state index contributed by atoms with van der Waals surface area (Å²) in [6.45, 7) is 0.630. The van der Waals surface area contributed by atoms with Crippen molar-refractivity contribution < 1.29 is 0 Å². The fraction of sp³-hybridized carbons (Fsp3) is 0.107. The molecule has 0 spiro atoms. The van der Waals surface area contributed by atoms with Crippen molar-refractivity contribution in [2.24, 2.45) is 5.73 Å². The van der Waals surface area contributed by atoms with E-state index >= 15 is 0 Å². The zero-order valence-corrected chi connectivity index (χ0v) is 18.6. The Morgan fingerprint density at radius 2 is 1.41 bits per heavy atom. The predicted octanol–water partition coefficient (Wildman–Crippen LogP) is 5.61. The summed E-state index contributed by atoms with van der Waals surface area (Å²) in [5, 5.41) is 0. The molecule has 8 bridgehead atoms. The molecule has 4 N–H and O–H groups in total. The van der Waals surface area contributed by atoms with E-state index in [1.165, 1.54) is 5.56 Å². The molecule has 6 heteroatoms. The van der Waals surface area contributed by atoms with E-state index < -0.39 is 0 Å². The second kappa shape index (κ2) is 8.57. The second-order valence-corrected chi connectivity index (χ2v) is 8.45. The van der Waals surface area contributed by atoms with E-state index in [0.717, 1.165) is 68.9 Å². The van der Waals surface area contributed by atoms with Crippen LogP contribution < -0.4 is 5.73 Å². The van der Waals surface area contributed by atoms with Gasteiger partial charge in [0.1, 0.15) is 0 Å². The third-order valence-corrected chi connectivity index (χ3v) is 6.01. The number of rotatable bonds is 4. The molecule has 0 radical (unpaired) electrons. The van der Waals surface area contributed by atoms with E-state index in [1.807, 2.05) is 54.8 Å². The molecule has 6 nitrogen and oxygen atoms in total. The number of aromatic amines is 2. The third-order valence-electron chi connectivity index (χ3n) is 6.01. The molecule has 6 rings (SSSR count). The molecule has 0 unspecified atom stereocenters. The van der Waals surface area contributed by atoms with Crippen molar-refractivity contribution in [3.8, 4) is 11.3 Å². The number of aromatic nitrogens is 5. The smallest absolute Gasteiger partial charge is 0.0726 e. The lowest BCUT2D eigenvalue weighted by Gasteiger charge is -2.04. The monoisotopic (exact) mass is 444 g/mol. The van der Waals surface area contributed by atoms with E-state index in [1.54, 1.807) is 0 Å². The van der Waals surface area contributed by atoms with E-state index in [2.05, 4.69) is 45.3 Å². The van der Waals surface area contributed by atoms with Crippen LogP contribution >= 0.6 is 0 Å². The molecule has 0 saturated heterocycles. The first kappa shape index (κ1) is 20.3. The molecule has 0 amide bonds. The van der Waals surface area contributed by atoms with Gasteiger partial charge in [0.25, 0.3) is 0 Å².